The molecular weight excluding hydrogens is 282 g/mol. The molecular formula is C11H15N5OS2. The lowest BCUT2D eigenvalue weighted by atomic mass is 10.1. The number of aromatic nitrogens is 2. The highest BCUT2D eigenvalue weighted by Gasteiger charge is 2.20. The molecule has 0 saturated carbocycles. The van der Waals surface area contributed by atoms with E-state index in [0.717, 1.165) is 0 Å². The summed E-state index contributed by atoms with van der Waals surface area (Å²) >= 11 is 2.62. The molecule has 6 nitrogen and oxygen atoms in total. The average molecular weight is 297 g/mol. The van der Waals surface area contributed by atoms with E-state index in [4.69, 9.17) is 11.0 Å². The number of nitrogens with two attached hydrogens (primary N) is 1. The van der Waals surface area contributed by atoms with Crippen molar-refractivity contribution in [3.8, 4) is 6.07 Å². The van der Waals surface area contributed by atoms with Gasteiger partial charge in [-0.15, -0.1) is 10.2 Å². The van der Waals surface area contributed by atoms with Gasteiger partial charge >= 0.3 is 0 Å². The summed E-state index contributed by atoms with van der Waals surface area (Å²) in [5, 5.41) is 20.6. The van der Waals surface area contributed by atoms with E-state index in [2.05, 4.69) is 22.1 Å². The average Bonchev–Trinajstić information content (AvgIpc) is 2.73. The van der Waals surface area contributed by atoms with E-state index < -0.39 is 5.92 Å². The number of carbonyl (C=O) groups is 1. The minimum Gasteiger partial charge on any atom is -0.401 e. The molecule has 1 aromatic heterocycles. The van der Waals surface area contributed by atoms with Crippen LogP contribution in [0.4, 0.5) is 5.13 Å². The smallest absolute Gasteiger partial charge is 0.206 e. The van der Waals surface area contributed by atoms with Gasteiger partial charge in [-0.3, -0.25) is 4.79 Å². The maximum absolute atomic E-state index is 11.7. The lowest BCUT2D eigenvalue weighted by Crippen LogP contribution is -2.21. The van der Waals surface area contributed by atoms with Crippen LogP contribution in [0.15, 0.2) is 16.6 Å². The van der Waals surface area contributed by atoms with Gasteiger partial charge in [-0.2, -0.15) is 5.26 Å². The Kier molecular flexibility index (Phi) is 5.79. The van der Waals surface area contributed by atoms with Crippen molar-refractivity contribution in [1.82, 2.24) is 10.2 Å². The first-order valence-corrected chi connectivity index (χ1v) is 7.33. The van der Waals surface area contributed by atoms with Gasteiger partial charge in [-0.25, -0.2) is 0 Å². The third-order valence-electron chi connectivity index (χ3n) is 1.98. The van der Waals surface area contributed by atoms with Gasteiger partial charge in [0.15, 0.2) is 10.1 Å². The summed E-state index contributed by atoms with van der Waals surface area (Å²) < 4.78 is 0.677. The normalized spacial score (nSPS) is 11.9. The molecule has 102 valence electrons. The Labute approximate surface area is 120 Å². The molecule has 0 aliphatic heterocycles. The largest absolute Gasteiger partial charge is 0.401 e. The van der Waals surface area contributed by atoms with Gasteiger partial charge in [0.05, 0.1) is 11.8 Å². The molecule has 0 bridgehead atoms. The van der Waals surface area contributed by atoms with Crippen LogP contribution in [0.1, 0.15) is 13.8 Å². The van der Waals surface area contributed by atoms with Crippen LogP contribution >= 0.6 is 23.1 Å². The molecule has 0 amide bonds. The van der Waals surface area contributed by atoms with Gasteiger partial charge in [0, 0.05) is 11.7 Å². The SMILES string of the molecule is C=C(N)[C@H](C#N)C(=O)CSc1nnc(NC(C)C)s1. The second kappa shape index (κ2) is 7.11. The van der Waals surface area contributed by atoms with Crippen LogP contribution in [0.3, 0.4) is 0 Å². The van der Waals surface area contributed by atoms with Gasteiger partial charge < -0.3 is 11.1 Å². The zero-order valence-corrected chi connectivity index (χ0v) is 12.3. The summed E-state index contributed by atoms with van der Waals surface area (Å²) in [6, 6.07) is 2.11. The molecule has 19 heavy (non-hydrogen) atoms. The Morgan fingerprint density at radius 3 is 2.84 bits per heavy atom. The van der Waals surface area contributed by atoms with Crippen LogP contribution in [0.5, 0.6) is 0 Å². The summed E-state index contributed by atoms with van der Waals surface area (Å²) in [7, 11) is 0. The lowest BCUT2D eigenvalue weighted by molar-refractivity contribution is -0.117. The van der Waals surface area contributed by atoms with Crippen molar-refractivity contribution >= 4 is 34.0 Å². The molecule has 3 N–H and O–H groups in total. The first-order chi connectivity index (χ1) is 8.93. The molecule has 1 heterocycles. The number of ketones is 1. The fourth-order valence-corrected chi connectivity index (χ4v) is 2.95. The highest BCUT2D eigenvalue weighted by Crippen LogP contribution is 2.26. The van der Waals surface area contributed by atoms with Crippen molar-refractivity contribution in [3.63, 3.8) is 0 Å². The number of anilines is 1. The number of allylic oxidation sites excluding steroid dienone is 1. The standard InChI is InChI=1S/C11H15N5OS2/c1-6(2)14-10-15-16-11(19-10)18-5-9(17)8(4-12)7(3)13/h6,8H,3,5,13H2,1-2H3,(H,14,15)/t8-/m0/s1. The molecule has 8 heteroatoms. The van der Waals surface area contributed by atoms with Crippen molar-refractivity contribution in [2.24, 2.45) is 11.7 Å². The highest BCUT2D eigenvalue weighted by molar-refractivity contribution is 8.01. The molecule has 0 aliphatic rings. The van der Waals surface area contributed by atoms with E-state index in [1.54, 1.807) is 0 Å². The first kappa shape index (κ1) is 15.5. The van der Waals surface area contributed by atoms with E-state index in [1.165, 1.54) is 23.1 Å². The second-order valence-corrected chi connectivity index (χ2v) is 6.26. The van der Waals surface area contributed by atoms with Crippen LogP contribution < -0.4 is 11.1 Å². The van der Waals surface area contributed by atoms with Gasteiger partial charge in [-0.1, -0.05) is 29.7 Å². The number of nitriles is 1. The zero-order valence-electron chi connectivity index (χ0n) is 10.7. The summed E-state index contributed by atoms with van der Waals surface area (Å²) in [6.07, 6.45) is 0. The van der Waals surface area contributed by atoms with Crippen molar-refractivity contribution in [2.75, 3.05) is 11.1 Å². The van der Waals surface area contributed by atoms with Crippen molar-refractivity contribution in [3.05, 3.63) is 12.3 Å². The zero-order chi connectivity index (χ0) is 14.4. The third-order valence-corrected chi connectivity index (χ3v) is 3.99. The Bertz CT molecular complexity index is 505. The molecule has 0 spiro atoms. The first-order valence-electron chi connectivity index (χ1n) is 5.53. The predicted octanol–water partition coefficient (Wildman–Crippen LogP) is 1.63. The maximum Gasteiger partial charge on any atom is 0.206 e. The topological polar surface area (TPSA) is 105 Å². The predicted molar refractivity (Wildman–Crippen MR) is 76.8 cm³/mol. The number of hydrogen-bond acceptors (Lipinski definition) is 8. The van der Waals surface area contributed by atoms with E-state index >= 15 is 0 Å². The van der Waals surface area contributed by atoms with Crippen molar-refractivity contribution in [1.29, 1.82) is 5.26 Å². The molecule has 0 aliphatic carbocycles. The number of hydrogen-bond donors (Lipinski definition) is 2. The maximum atomic E-state index is 11.7. The van der Waals surface area contributed by atoms with Crippen LogP contribution in [-0.4, -0.2) is 27.8 Å². The summed E-state index contributed by atoms with van der Waals surface area (Å²) in [6.45, 7) is 7.43. The quantitative estimate of drug-likeness (QED) is 0.737. The van der Waals surface area contributed by atoms with E-state index in [-0.39, 0.29) is 23.3 Å². The summed E-state index contributed by atoms with van der Waals surface area (Å²) in [4.78, 5) is 11.7. The number of carbonyl (C=O) groups excluding carboxylic acids is 1. The fourth-order valence-electron chi connectivity index (χ4n) is 1.15. The number of Topliss-reactive ketones (excluding diaryl/α,β-unsaturated/α-hetero) is 1. The number of nitrogens with zero attached hydrogens (tertiary/aromatic N) is 3. The van der Waals surface area contributed by atoms with Gasteiger partial charge in [0.2, 0.25) is 5.13 Å². The van der Waals surface area contributed by atoms with Crippen LogP contribution in [-0.2, 0) is 4.79 Å². The second-order valence-electron chi connectivity index (χ2n) is 4.06. The summed E-state index contributed by atoms with van der Waals surface area (Å²) in [5.41, 5.74) is 5.47. The van der Waals surface area contributed by atoms with Crippen molar-refractivity contribution in [2.45, 2.75) is 24.2 Å². The van der Waals surface area contributed by atoms with E-state index in [1.807, 2.05) is 19.9 Å². The molecule has 0 unspecified atom stereocenters. The Morgan fingerprint density at radius 2 is 2.32 bits per heavy atom. The number of rotatable bonds is 7. The minimum atomic E-state index is -0.950. The Balaban J connectivity index is 2.53. The van der Waals surface area contributed by atoms with Crippen molar-refractivity contribution < 1.29 is 4.79 Å². The Morgan fingerprint density at radius 1 is 1.63 bits per heavy atom. The van der Waals surface area contributed by atoms with Gasteiger partial charge in [-0.05, 0) is 13.8 Å². The fraction of sp³-hybridized carbons (Fsp3) is 0.455. The molecule has 1 atom stereocenters. The van der Waals surface area contributed by atoms with E-state index in [0.29, 0.717) is 9.47 Å². The number of nitrogens with one attached hydrogen (secondary N) is 1. The molecule has 0 radical (unpaired) electrons. The van der Waals surface area contributed by atoms with Gasteiger partial charge in [0.25, 0.3) is 0 Å². The molecule has 1 aromatic rings. The van der Waals surface area contributed by atoms with Crippen LogP contribution in [0, 0.1) is 17.2 Å². The molecule has 0 saturated heterocycles. The monoisotopic (exact) mass is 297 g/mol. The third kappa shape index (κ3) is 4.89. The van der Waals surface area contributed by atoms with Crippen LogP contribution in [0.25, 0.3) is 0 Å². The molecule has 0 fully saturated rings. The van der Waals surface area contributed by atoms with E-state index in [9.17, 15) is 4.79 Å². The number of thioether (sulfide) groups is 1. The van der Waals surface area contributed by atoms with Gasteiger partial charge in [0.1, 0.15) is 5.92 Å². The van der Waals surface area contributed by atoms with Crippen LogP contribution in [0.2, 0.25) is 0 Å². The minimum absolute atomic E-state index is 0.0764. The highest BCUT2D eigenvalue weighted by atomic mass is 32.2. The molecule has 0 aromatic carbocycles. The summed E-state index contributed by atoms with van der Waals surface area (Å²) in [5.74, 6) is -1.09. The molecule has 1 rings (SSSR count). The lowest BCUT2D eigenvalue weighted by Gasteiger charge is -2.05. The Hall–Kier alpha value is -1.59.